The van der Waals surface area contributed by atoms with Crippen molar-refractivity contribution in [2.45, 2.75) is 25.3 Å². The molecule has 0 N–H and O–H groups in total. The van der Waals surface area contributed by atoms with Crippen LogP contribution in [0.25, 0.3) is 0 Å². The zero-order chi connectivity index (χ0) is 17.3. The molecule has 0 saturated carbocycles. The van der Waals surface area contributed by atoms with E-state index in [9.17, 15) is 12.8 Å². The number of rotatable bonds is 4. The lowest BCUT2D eigenvalue weighted by atomic mass is 10.2. The van der Waals surface area contributed by atoms with Gasteiger partial charge in [-0.3, -0.25) is 4.90 Å². The molecule has 3 rings (SSSR count). The topological polar surface area (TPSA) is 66.7 Å². The molecule has 24 heavy (non-hydrogen) atoms. The Morgan fingerprint density at radius 3 is 2.50 bits per heavy atom. The molecule has 0 amide bonds. The molecule has 0 aliphatic carbocycles. The van der Waals surface area contributed by atoms with Gasteiger partial charge < -0.3 is 4.52 Å². The van der Waals surface area contributed by atoms with Crippen LogP contribution in [0.5, 0.6) is 0 Å². The molecule has 2 aromatic rings. The van der Waals surface area contributed by atoms with Crippen LogP contribution < -0.4 is 0 Å². The average molecular weight is 353 g/mol. The summed E-state index contributed by atoms with van der Waals surface area (Å²) in [6.07, 6.45) is 0. The fourth-order valence-corrected chi connectivity index (χ4v) is 4.31. The molecule has 1 saturated heterocycles. The maximum atomic E-state index is 13.3. The van der Waals surface area contributed by atoms with Gasteiger partial charge in [0.25, 0.3) is 0 Å². The van der Waals surface area contributed by atoms with Crippen molar-refractivity contribution < 1.29 is 17.3 Å². The van der Waals surface area contributed by atoms with Gasteiger partial charge in [0.05, 0.1) is 10.6 Å². The Hall–Kier alpha value is -1.77. The second-order valence-corrected chi connectivity index (χ2v) is 7.88. The molecule has 0 radical (unpaired) electrons. The third kappa shape index (κ3) is 3.35. The van der Waals surface area contributed by atoms with Crippen molar-refractivity contribution in [3.63, 3.8) is 0 Å². The maximum absolute atomic E-state index is 13.3. The second kappa shape index (κ2) is 6.62. The van der Waals surface area contributed by atoms with Gasteiger partial charge in [0, 0.05) is 38.3 Å². The van der Waals surface area contributed by atoms with Gasteiger partial charge in [-0.2, -0.15) is 4.31 Å². The van der Waals surface area contributed by atoms with Crippen molar-refractivity contribution in [1.29, 1.82) is 0 Å². The quantitative estimate of drug-likeness (QED) is 0.840. The number of halogens is 1. The molecular weight excluding hydrogens is 333 g/mol. The number of nitrogens with zero attached hydrogens (tertiary/aromatic N) is 3. The van der Waals surface area contributed by atoms with Crippen LogP contribution in [0.1, 0.15) is 17.0 Å². The van der Waals surface area contributed by atoms with Crippen molar-refractivity contribution in [3.05, 3.63) is 47.1 Å². The van der Waals surface area contributed by atoms with Crippen LogP contribution in [-0.4, -0.2) is 49.0 Å². The summed E-state index contributed by atoms with van der Waals surface area (Å²) in [6.45, 7) is 6.44. The van der Waals surface area contributed by atoms with Crippen molar-refractivity contribution in [2.24, 2.45) is 0 Å². The van der Waals surface area contributed by atoms with Crippen molar-refractivity contribution >= 4 is 10.0 Å². The largest absolute Gasteiger partial charge is 0.361 e. The van der Waals surface area contributed by atoms with E-state index in [1.165, 1.54) is 22.5 Å². The van der Waals surface area contributed by atoms with Crippen molar-refractivity contribution in [3.8, 4) is 0 Å². The Bertz CT molecular complexity index is 807. The van der Waals surface area contributed by atoms with E-state index < -0.39 is 15.8 Å². The Morgan fingerprint density at radius 1 is 1.21 bits per heavy atom. The van der Waals surface area contributed by atoms with Gasteiger partial charge in [0.2, 0.25) is 10.0 Å². The third-order valence-corrected chi connectivity index (χ3v) is 6.22. The van der Waals surface area contributed by atoms with E-state index in [0.717, 1.165) is 23.1 Å². The summed E-state index contributed by atoms with van der Waals surface area (Å²) >= 11 is 0. The molecule has 6 nitrogen and oxygen atoms in total. The fourth-order valence-electron chi connectivity index (χ4n) is 2.86. The standard InChI is InChI=1S/C16H20FN3O3S/c1-12-16(13(2)23-18-12)11-19-6-8-20(9-7-19)24(21,22)15-5-3-4-14(17)10-15/h3-5,10H,6-9,11H2,1-2H3. The fraction of sp³-hybridized carbons (Fsp3) is 0.438. The first-order valence-electron chi connectivity index (χ1n) is 7.78. The van der Waals surface area contributed by atoms with Crippen LogP contribution in [0.4, 0.5) is 4.39 Å². The van der Waals surface area contributed by atoms with Gasteiger partial charge in [-0.05, 0) is 32.0 Å². The number of hydrogen-bond acceptors (Lipinski definition) is 5. The molecule has 0 bridgehead atoms. The number of aromatic nitrogens is 1. The molecule has 1 fully saturated rings. The van der Waals surface area contributed by atoms with E-state index in [4.69, 9.17) is 4.52 Å². The summed E-state index contributed by atoms with van der Waals surface area (Å²) in [5.41, 5.74) is 1.92. The van der Waals surface area contributed by atoms with Gasteiger partial charge in [0.15, 0.2) is 0 Å². The predicted octanol–water partition coefficient (Wildman–Crippen LogP) is 1.94. The highest BCUT2D eigenvalue weighted by atomic mass is 32.2. The molecule has 0 unspecified atom stereocenters. The third-order valence-electron chi connectivity index (χ3n) is 4.33. The summed E-state index contributed by atoms with van der Waals surface area (Å²) in [7, 11) is -3.65. The Morgan fingerprint density at radius 2 is 1.92 bits per heavy atom. The van der Waals surface area contributed by atoms with Crippen LogP contribution >= 0.6 is 0 Å². The summed E-state index contributed by atoms with van der Waals surface area (Å²) < 4.78 is 45.1. The first-order chi connectivity index (χ1) is 11.4. The first kappa shape index (κ1) is 17.1. The van der Waals surface area contributed by atoms with Gasteiger partial charge >= 0.3 is 0 Å². The highest BCUT2D eigenvalue weighted by Gasteiger charge is 2.29. The predicted molar refractivity (Wildman–Crippen MR) is 86.4 cm³/mol. The smallest absolute Gasteiger partial charge is 0.243 e. The number of aryl methyl sites for hydroxylation is 2. The number of sulfonamides is 1. The van der Waals surface area contributed by atoms with Gasteiger partial charge in [-0.1, -0.05) is 11.2 Å². The molecule has 8 heteroatoms. The summed E-state index contributed by atoms with van der Waals surface area (Å²) in [6, 6.07) is 5.14. The highest BCUT2D eigenvalue weighted by Crippen LogP contribution is 2.20. The minimum atomic E-state index is -3.65. The minimum absolute atomic E-state index is 0.00155. The van der Waals surface area contributed by atoms with Crippen molar-refractivity contribution in [1.82, 2.24) is 14.4 Å². The zero-order valence-electron chi connectivity index (χ0n) is 13.7. The van der Waals surface area contributed by atoms with E-state index in [2.05, 4.69) is 10.1 Å². The molecule has 1 aromatic carbocycles. The van der Waals surface area contributed by atoms with E-state index in [1.54, 1.807) is 0 Å². The second-order valence-electron chi connectivity index (χ2n) is 5.94. The lowest BCUT2D eigenvalue weighted by Gasteiger charge is -2.33. The normalized spacial score (nSPS) is 17.3. The lowest BCUT2D eigenvalue weighted by molar-refractivity contribution is 0.180. The molecule has 0 spiro atoms. The first-order valence-corrected chi connectivity index (χ1v) is 9.22. The number of hydrogen-bond donors (Lipinski definition) is 0. The molecule has 1 aliphatic heterocycles. The molecule has 0 atom stereocenters. The lowest BCUT2D eigenvalue weighted by Crippen LogP contribution is -2.48. The van der Waals surface area contributed by atoms with Crippen LogP contribution in [0, 0.1) is 19.7 Å². The summed E-state index contributed by atoms with van der Waals surface area (Å²) in [5.74, 6) is 0.246. The zero-order valence-corrected chi connectivity index (χ0v) is 14.5. The van der Waals surface area contributed by atoms with E-state index >= 15 is 0 Å². The molecular formula is C16H20FN3O3S. The maximum Gasteiger partial charge on any atom is 0.243 e. The van der Waals surface area contributed by atoms with E-state index in [1.807, 2.05) is 13.8 Å². The summed E-state index contributed by atoms with van der Waals surface area (Å²) in [4.78, 5) is 2.17. The van der Waals surface area contributed by atoms with Crippen LogP contribution in [0.2, 0.25) is 0 Å². The Labute approximate surface area is 140 Å². The number of benzene rings is 1. The summed E-state index contributed by atoms with van der Waals surface area (Å²) in [5, 5.41) is 3.94. The SMILES string of the molecule is Cc1noc(C)c1CN1CCN(S(=O)(=O)c2cccc(F)c2)CC1. The van der Waals surface area contributed by atoms with Gasteiger partial charge in [-0.15, -0.1) is 0 Å². The van der Waals surface area contributed by atoms with Crippen LogP contribution in [0.15, 0.2) is 33.7 Å². The molecule has 1 aliphatic rings. The molecule has 1 aromatic heterocycles. The van der Waals surface area contributed by atoms with E-state index in [-0.39, 0.29) is 4.90 Å². The molecule has 2 heterocycles. The van der Waals surface area contributed by atoms with E-state index in [0.29, 0.717) is 32.7 Å². The Kier molecular flexibility index (Phi) is 4.71. The average Bonchev–Trinajstić information content (AvgIpc) is 2.87. The monoisotopic (exact) mass is 353 g/mol. The van der Waals surface area contributed by atoms with Crippen LogP contribution in [0.3, 0.4) is 0 Å². The highest BCUT2D eigenvalue weighted by molar-refractivity contribution is 7.89. The van der Waals surface area contributed by atoms with Gasteiger partial charge in [0.1, 0.15) is 11.6 Å². The van der Waals surface area contributed by atoms with Gasteiger partial charge in [-0.25, -0.2) is 12.8 Å². The van der Waals surface area contributed by atoms with Crippen molar-refractivity contribution in [2.75, 3.05) is 26.2 Å². The minimum Gasteiger partial charge on any atom is -0.361 e. The molecule has 130 valence electrons. The Balaban J connectivity index is 1.66. The van der Waals surface area contributed by atoms with Crippen LogP contribution in [-0.2, 0) is 16.6 Å². The number of piperazine rings is 1.